The van der Waals surface area contributed by atoms with Gasteiger partial charge in [0.05, 0.1) is 20.6 Å². The van der Waals surface area contributed by atoms with Crippen molar-refractivity contribution in [1.82, 2.24) is 0 Å². The molecular weight excluding hydrogens is 398 g/mol. The highest BCUT2D eigenvalue weighted by atomic mass is 79.9. The molecule has 0 aromatic rings. The summed E-state index contributed by atoms with van der Waals surface area (Å²) in [6, 6.07) is 0. The van der Waals surface area contributed by atoms with Gasteiger partial charge in [-0.05, 0) is 19.3 Å². The normalized spacial score (nSPS) is 12.8. The summed E-state index contributed by atoms with van der Waals surface area (Å²) in [5, 5.41) is 10.4. The molecule has 0 bridgehead atoms. The van der Waals surface area contributed by atoms with Gasteiger partial charge in [-0.2, -0.15) is 0 Å². The molecule has 0 aromatic carbocycles. The molecule has 0 rings (SSSR count). The number of halogens is 1. The Labute approximate surface area is 182 Å². The quantitative estimate of drug-likeness (QED) is 0.219. The van der Waals surface area contributed by atoms with Crippen LogP contribution in [0.1, 0.15) is 123 Å². The monoisotopic (exact) mass is 449 g/mol. The third-order valence-electron chi connectivity index (χ3n) is 5.71. The summed E-state index contributed by atoms with van der Waals surface area (Å²) in [5.41, 5.74) is 0. The Morgan fingerprint density at radius 2 is 0.963 bits per heavy atom. The number of quaternary nitrogens is 1. The van der Waals surface area contributed by atoms with E-state index >= 15 is 0 Å². The average molecular weight is 451 g/mol. The predicted molar refractivity (Wildman–Crippen MR) is 118 cm³/mol. The first-order valence-corrected chi connectivity index (χ1v) is 12.0. The Morgan fingerprint density at radius 1 is 0.593 bits per heavy atom. The molecular formula is C24H52BrNO. The molecule has 0 aromatic heterocycles. The first kappa shape index (κ1) is 29.6. The van der Waals surface area contributed by atoms with E-state index in [0.717, 1.165) is 17.4 Å². The van der Waals surface area contributed by atoms with E-state index in [9.17, 15) is 5.11 Å². The number of hydrogen-bond donors (Lipinski definition) is 1. The topological polar surface area (TPSA) is 20.2 Å². The van der Waals surface area contributed by atoms with Gasteiger partial charge in [-0.3, -0.25) is 0 Å². The zero-order valence-electron chi connectivity index (χ0n) is 19.3. The van der Waals surface area contributed by atoms with E-state index in [0.29, 0.717) is 0 Å². The van der Waals surface area contributed by atoms with Gasteiger partial charge >= 0.3 is 0 Å². The highest BCUT2D eigenvalue weighted by molar-refractivity contribution is 4.56. The molecule has 0 spiro atoms. The summed E-state index contributed by atoms with van der Waals surface area (Å²) in [5.74, 6) is 0. The van der Waals surface area contributed by atoms with Crippen LogP contribution in [0.3, 0.4) is 0 Å². The molecule has 3 heteroatoms. The highest BCUT2D eigenvalue weighted by Gasteiger charge is 2.19. The molecule has 0 saturated heterocycles. The van der Waals surface area contributed by atoms with Gasteiger partial charge < -0.3 is 26.6 Å². The SMILES string of the molecule is CCCCCCCCCCC(O)C[N+](C)(C)CCCCCCCCCC.[Br-]. The van der Waals surface area contributed by atoms with Gasteiger partial charge in [0.15, 0.2) is 0 Å². The lowest BCUT2D eigenvalue weighted by molar-refractivity contribution is -0.893. The second kappa shape index (κ2) is 21.1. The largest absolute Gasteiger partial charge is 1.00 e. The average Bonchev–Trinajstić information content (AvgIpc) is 2.59. The van der Waals surface area contributed by atoms with Crippen LogP contribution < -0.4 is 17.0 Å². The maximum Gasteiger partial charge on any atom is 0.105 e. The Balaban J connectivity index is 0. The molecule has 1 unspecified atom stereocenters. The van der Waals surface area contributed by atoms with E-state index in [-0.39, 0.29) is 23.1 Å². The van der Waals surface area contributed by atoms with Crippen LogP contribution in [0.25, 0.3) is 0 Å². The van der Waals surface area contributed by atoms with Gasteiger partial charge in [-0.1, -0.05) is 104 Å². The Morgan fingerprint density at radius 3 is 1.41 bits per heavy atom. The zero-order chi connectivity index (χ0) is 19.5. The van der Waals surface area contributed by atoms with E-state index in [1.807, 2.05) is 0 Å². The van der Waals surface area contributed by atoms with Crippen molar-refractivity contribution in [3.05, 3.63) is 0 Å². The van der Waals surface area contributed by atoms with Crippen LogP contribution in [-0.4, -0.2) is 42.9 Å². The predicted octanol–water partition coefficient (Wildman–Crippen LogP) is 4.10. The zero-order valence-corrected chi connectivity index (χ0v) is 20.9. The summed E-state index contributed by atoms with van der Waals surface area (Å²) >= 11 is 0. The lowest BCUT2D eigenvalue weighted by Gasteiger charge is -2.32. The van der Waals surface area contributed by atoms with Crippen molar-refractivity contribution >= 4 is 0 Å². The molecule has 0 radical (unpaired) electrons. The maximum absolute atomic E-state index is 10.4. The fourth-order valence-electron chi connectivity index (χ4n) is 3.94. The second-order valence-corrected chi connectivity index (χ2v) is 9.23. The van der Waals surface area contributed by atoms with Crippen LogP contribution in [-0.2, 0) is 0 Å². The van der Waals surface area contributed by atoms with Crippen LogP contribution in [0.15, 0.2) is 0 Å². The number of likely N-dealkylation sites (N-methyl/N-ethyl adjacent to an activating group) is 1. The van der Waals surface area contributed by atoms with E-state index in [2.05, 4.69) is 27.9 Å². The van der Waals surface area contributed by atoms with Gasteiger partial charge in [-0.15, -0.1) is 0 Å². The number of rotatable bonds is 20. The first-order chi connectivity index (χ1) is 12.5. The number of unbranched alkanes of at least 4 members (excludes halogenated alkanes) is 14. The Kier molecular flexibility index (Phi) is 23.2. The minimum atomic E-state index is -0.112. The Hall–Kier alpha value is 0.400. The molecule has 166 valence electrons. The molecule has 2 nitrogen and oxygen atoms in total. The van der Waals surface area contributed by atoms with Crippen molar-refractivity contribution in [1.29, 1.82) is 0 Å². The molecule has 0 heterocycles. The number of aliphatic hydroxyl groups is 1. The smallest absolute Gasteiger partial charge is 0.105 e. The van der Waals surface area contributed by atoms with E-state index in [1.54, 1.807) is 0 Å². The third-order valence-corrected chi connectivity index (χ3v) is 5.71. The number of aliphatic hydroxyl groups excluding tert-OH is 1. The summed E-state index contributed by atoms with van der Waals surface area (Å²) in [6.07, 6.45) is 22.7. The standard InChI is InChI=1S/C24H52NO.BrH/c1-5-7-9-11-13-15-17-19-21-24(26)23-25(3,4)22-20-18-16-14-12-10-8-6-2;/h24,26H,5-23H2,1-4H3;1H/q+1;/p-1. The van der Waals surface area contributed by atoms with E-state index in [4.69, 9.17) is 0 Å². The number of nitrogens with zero attached hydrogens (tertiary/aromatic N) is 1. The molecule has 0 aliphatic rings. The summed E-state index contributed by atoms with van der Waals surface area (Å²) in [6.45, 7) is 6.69. The molecule has 0 aliphatic heterocycles. The lowest BCUT2D eigenvalue weighted by atomic mass is 10.0. The Bertz CT molecular complexity index is 284. The van der Waals surface area contributed by atoms with Crippen LogP contribution in [0.5, 0.6) is 0 Å². The van der Waals surface area contributed by atoms with Crippen molar-refractivity contribution in [2.24, 2.45) is 0 Å². The van der Waals surface area contributed by atoms with Gasteiger partial charge in [-0.25, -0.2) is 0 Å². The first-order valence-electron chi connectivity index (χ1n) is 12.0. The van der Waals surface area contributed by atoms with Crippen molar-refractivity contribution in [3.63, 3.8) is 0 Å². The molecule has 27 heavy (non-hydrogen) atoms. The van der Waals surface area contributed by atoms with Crippen LogP contribution in [0, 0.1) is 0 Å². The van der Waals surface area contributed by atoms with Gasteiger partial charge in [0, 0.05) is 0 Å². The maximum atomic E-state index is 10.4. The van der Waals surface area contributed by atoms with Crippen molar-refractivity contribution in [2.45, 2.75) is 129 Å². The summed E-state index contributed by atoms with van der Waals surface area (Å²) in [4.78, 5) is 0. The van der Waals surface area contributed by atoms with Crippen molar-refractivity contribution in [2.75, 3.05) is 27.2 Å². The van der Waals surface area contributed by atoms with Gasteiger partial charge in [0.2, 0.25) is 0 Å². The summed E-state index contributed by atoms with van der Waals surface area (Å²) < 4.78 is 0.980. The minimum absolute atomic E-state index is 0. The fourth-order valence-corrected chi connectivity index (χ4v) is 3.94. The van der Waals surface area contributed by atoms with Gasteiger partial charge in [0.1, 0.15) is 12.6 Å². The molecule has 0 saturated carbocycles. The number of hydrogen-bond acceptors (Lipinski definition) is 1. The second-order valence-electron chi connectivity index (χ2n) is 9.23. The highest BCUT2D eigenvalue weighted by Crippen LogP contribution is 2.14. The molecule has 0 amide bonds. The van der Waals surface area contributed by atoms with Crippen LogP contribution >= 0.6 is 0 Å². The third kappa shape index (κ3) is 22.6. The molecule has 1 atom stereocenters. The molecule has 0 fully saturated rings. The van der Waals surface area contributed by atoms with E-state index < -0.39 is 0 Å². The van der Waals surface area contributed by atoms with E-state index in [1.165, 1.54) is 109 Å². The van der Waals surface area contributed by atoms with Crippen LogP contribution in [0.4, 0.5) is 0 Å². The van der Waals surface area contributed by atoms with Gasteiger partial charge in [0.25, 0.3) is 0 Å². The molecule has 1 N–H and O–H groups in total. The summed E-state index contributed by atoms with van der Waals surface area (Å²) in [7, 11) is 4.58. The minimum Gasteiger partial charge on any atom is -1.00 e. The lowest BCUT2D eigenvalue weighted by Crippen LogP contribution is -3.00. The van der Waals surface area contributed by atoms with Crippen LogP contribution in [0.2, 0.25) is 0 Å². The van der Waals surface area contributed by atoms with Crippen molar-refractivity contribution < 1.29 is 26.6 Å². The molecule has 0 aliphatic carbocycles. The van der Waals surface area contributed by atoms with Crippen molar-refractivity contribution in [3.8, 4) is 0 Å². The fraction of sp³-hybridized carbons (Fsp3) is 1.00.